The Morgan fingerprint density at radius 3 is 2.86 bits per heavy atom. The summed E-state index contributed by atoms with van der Waals surface area (Å²) in [6.45, 7) is 0.526. The smallest absolute Gasteiger partial charge is 0.249 e. The van der Waals surface area contributed by atoms with Crippen LogP contribution >= 0.6 is 0 Å². The van der Waals surface area contributed by atoms with Gasteiger partial charge in [0, 0.05) is 18.8 Å². The van der Waals surface area contributed by atoms with Gasteiger partial charge in [0.15, 0.2) is 0 Å². The largest absolute Gasteiger partial charge is 0.481 e. The van der Waals surface area contributed by atoms with E-state index in [0.717, 1.165) is 31.2 Å². The number of rotatable bonds is 3. The molecule has 6 nitrogen and oxygen atoms in total. The predicted molar refractivity (Wildman–Crippen MR) is 75.5 cm³/mol. The molecule has 1 N–H and O–H groups in total. The fourth-order valence-electron chi connectivity index (χ4n) is 3.23. The van der Waals surface area contributed by atoms with E-state index in [2.05, 4.69) is 10.3 Å². The molecule has 0 bridgehead atoms. The Balaban J connectivity index is 1.80. The monoisotopic (exact) mass is 289 g/mol. The summed E-state index contributed by atoms with van der Waals surface area (Å²) in [5, 5.41) is 2.91. The van der Waals surface area contributed by atoms with Crippen LogP contribution in [0.25, 0.3) is 0 Å². The molecule has 1 aromatic heterocycles. The lowest BCUT2D eigenvalue weighted by atomic mass is 9.93. The number of nitrogens with one attached hydrogen (secondary N) is 1. The molecular formula is C15H19N3O3. The van der Waals surface area contributed by atoms with Gasteiger partial charge in [-0.05, 0) is 24.5 Å². The summed E-state index contributed by atoms with van der Waals surface area (Å²) in [4.78, 5) is 30.4. The Morgan fingerprint density at radius 1 is 1.38 bits per heavy atom. The average Bonchev–Trinajstić information content (AvgIpc) is 2.94. The van der Waals surface area contributed by atoms with Crippen LogP contribution in [0.2, 0.25) is 0 Å². The van der Waals surface area contributed by atoms with Crippen molar-refractivity contribution in [2.24, 2.45) is 0 Å². The molecular weight excluding hydrogens is 270 g/mol. The van der Waals surface area contributed by atoms with Gasteiger partial charge in [-0.25, -0.2) is 4.98 Å². The first kappa shape index (κ1) is 13.9. The third kappa shape index (κ3) is 2.57. The van der Waals surface area contributed by atoms with Crippen molar-refractivity contribution in [3.05, 3.63) is 23.9 Å². The lowest BCUT2D eigenvalue weighted by molar-refractivity contribution is -0.150. The van der Waals surface area contributed by atoms with Crippen LogP contribution < -0.4 is 10.1 Å². The van der Waals surface area contributed by atoms with Crippen LogP contribution in [-0.2, 0) is 16.1 Å². The SMILES string of the molecule is COc1cc(CN2CC(=O)NC3(CCCC3)C2=O)ccn1. The lowest BCUT2D eigenvalue weighted by Crippen LogP contribution is -2.65. The third-order valence-corrected chi connectivity index (χ3v) is 4.25. The molecule has 1 saturated heterocycles. The van der Waals surface area contributed by atoms with Gasteiger partial charge in [0.05, 0.1) is 13.7 Å². The van der Waals surface area contributed by atoms with Crippen molar-refractivity contribution in [2.75, 3.05) is 13.7 Å². The first-order valence-electron chi connectivity index (χ1n) is 7.22. The van der Waals surface area contributed by atoms with E-state index >= 15 is 0 Å². The molecule has 0 atom stereocenters. The van der Waals surface area contributed by atoms with Crippen LogP contribution in [0, 0.1) is 0 Å². The van der Waals surface area contributed by atoms with E-state index in [1.54, 1.807) is 24.3 Å². The van der Waals surface area contributed by atoms with Gasteiger partial charge < -0.3 is 15.0 Å². The molecule has 21 heavy (non-hydrogen) atoms. The highest BCUT2D eigenvalue weighted by molar-refractivity contribution is 5.98. The Labute approximate surface area is 123 Å². The molecule has 1 aliphatic heterocycles. The van der Waals surface area contributed by atoms with Crippen molar-refractivity contribution in [3.63, 3.8) is 0 Å². The number of amides is 2. The summed E-state index contributed by atoms with van der Waals surface area (Å²) in [5.74, 6) is 0.477. The van der Waals surface area contributed by atoms with E-state index in [0.29, 0.717) is 12.4 Å². The van der Waals surface area contributed by atoms with Gasteiger partial charge in [-0.3, -0.25) is 9.59 Å². The summed E-state index contributed by atoms with van der Waals surface area (Å²) >= 11 is 0. The van der Waals surface area contributed by atoms with Gasteiger partial charge in [-0.1, -0.05) is 12.8 Å². The lowest BCUT2D eigenvalue weighted by Gasteiger charge is -2.39. The minimum absolute atomic E-state index is 0.0374. The number of methoxy groups -OCH3 is 1. The third-order valence-electron chi connectivity index (χ3n) is 4.25. The maximum absolute atomic E-state index is 12.7. The van der Waals surface area contributed by atoms with Crippen molar-refractivity contribution in [2.45, 2.75) is 37.8 Å². The molecule has 6 heteroatoms. The van der Waals surface area contributed by atoms with E-state index in [4.69, 9.17) is 4.74 Å². The van der Waals surface area contributed by atoms with Gasteiger partial charge in [0.25, 0.3) is 0 Å². The first-order chi connectivity index (χ1) is 10.1. The summed E-state index contributed by atoms with van der Waals surface area (Å²) in [5.41, 5.74) is 0.255. The predicted octanol–water partition coefficient (Wildman–Crippen LogP) is 0.861. The van der Waals surface area contributed by atoms with Gasteiger partial charge in [0.1, 0.15) is 5.54 Å². The average molecular weight is 289 g/mol. The van der Waals surface area contributed by atoms with Crippen LogP contribution in [0.1, 0.15) is 31.2 Å². The highest BCUT2D eigenvalue weighted by atomic mass is 16.5. The molecule has 0 radical (unpaired) electrons. The quantitative estimate of drug-likeness (QED) is 0.896. The van der Waals surface area contributed by atoms with Crippen LogP contribution in [0.3, 0.4) is 0 Å². The normalized spacial score (nSPS) is 20.7. The number of pyridine rings is 1. The Bertz CT molecular complexity index is 567. The Kier molecular flexibility index (Phi) is 3.53. The van der Waals surface area contributed by atoms with E-state index in [9.17, 15) is 9.59 Å². The number of aromatic nitrogens is 1. The fourth-order valence-corrected chi connectivity index (χ4v) is 3.23. The zero-order chi connectivity index (χ0) is 14.9. The molecule has 1 aromatic rings. The topological polar surface area (TPSA) is 71.5 Å². The summed E-state index contributed by atoms with van der Waals surface area (Å²) < 4.78 is 5.09. The zero-order valence-electron chi connectivity index (χ0n) is 12.1. The maximum atomic E-state index is 12.7. The van der Waals surface area contributed by atoms with Crippen LogP contribution in [0.5, 0.6) is 5.88 Å². The standard InChI is InChI=1S/C15H19N3O3/c1-21-13-8-11(4-7-16-13)9-18-10-12(19)17-15(14(18)20)5-2-3-6-15/h4,7-8H,2-3,5-6,9-10H2,1H3,(H,17,19). The van der Waals surface area contributed by atoms with E-state index < -0.39 is 5.54 Å². The minimum atomic E-state index is -0.660. The molecule has 2 aliphatic rings. The number of hydrogen-bond acceptors (Lipinski definition) is 4. The minimum Gasteiger partial charge on any atom is -0.481 e. The van der Waals surface area contributed by atoms with E-state index in [1.807, 2.05) is 6.07 Å². The second-order valence-corrected chi connectivity index (χ2v) is 5.71. The van der Waals surface area contributed by atoms with Crippen molar-refractivity contribution < 1.29 is 14.3 Å². The van der Waals surface area contributed by atoms with Crippen LogP contribution in [0.4, 0.5) is 0 Å². The first-order valence-corrected chi connectivity index (χ1v) is 7.22. The second-order valence-electron chi connectivity index (χ2n) is 5.71. The number of ether oxygens (including phenoxy) is 1. The number of carbonyl (C=O) groups is 2. The molecule has 0 unspecified atom stereocenters. The Hall–Kier alpha value is -2.11. The highest BCUT2D eigenvalue weighted by Crippen LogP contribution is 2.33. The molecule has 1 aliphatic carbocycles. The molecule has 1 saturated carbocycles. The molecule has 112 valence electrons. The number of piperazine rings is 1. The molecule has 2 amide bonds. The fraction of sp³-hybridized carbons (Fsp3) is 0.533. The van der Waals surface area contributed by atoms with Crippen molar-refractivity contribution in [3.8, 4) is 5.88 Å². The Morgan fingerprint density at radius 2 is 2.14 bits per heavy atom. The van der Waals surface area contributed by atoms with Gasteiger partial charge >= 0.3 is 0 Å². The van der Waals surface area contributed by atoms with E-state index in [1.165, 1.54) is 0 Å². The van der Waals surface area contributed by atoms with Gasteiger partial charge in [0.2, 0.25) is 17.7 Å². The summed E-state index contributed by atoms with van der Waals surface area (Å²) in [7, 11) is 1.55. The van der Waals surface area contributed by atoms with E-state index in [-0.39, 0.29) is 18.4 Å². The summed E-state index contributed by atoms with van der Waals surface area (Å²) in [6, 6.07) is 3.63. The maximum Gasteiger partial charge on any atom is 0.249 e. The molecule has 2 heterocycles. The summed E-state index contributed by atoms with van der Waals surface area (Å²) in [6.07, 6.45) is 5.11. The van der Waals surface area contributed by atoms with Gasteiger partial charge in [-0.15, -0.1) is 0 Å². The molecule has 2 fully saturated rings. The number of carbonyl (C=O) groups excluding carboxylic acids is 2. The van der Waals surface area contributed by atoms with Crippen LogP contribution in [0.15, 0.2) is 18.3 Å². The molecule has 1 spiro atoms. The molecule has 0 aromatic carbocycles. The van der Waals surface area contributed by atoms with Crippen molar-refractivity contribution in [1.82, 2.24) is 15.2 Å². The number of nitrogens with zero attached hydrogens (tertiary/aromatic N) is 2. The van der Waals surface area contributed by atoms with Crippen molar-refractivity contribution >= 4 is 11.8 Å². The zero-order valence-corrected chi connectivity index (χ0v) is 12.1. The number of hydrogen-bond donors (Lipinski definition) is 1. The van der Waals surface area contributed by atoms with Crippen molar-refractivity contribution in [1.29, 1.82) is 0 Å². The second kappa shape index (κ2) is 5.35. The van der Waals surface area contributed by atoms with Gasteiger partial charge in [-0.2, -0.15) is 0 Å². The highest BCUT2D eigenvalue weighted by Gasteiger charge is 2.48. The van der Waals surface area contributed by atoms with Crippen LogP contribution in [-0.4, -0.2) is 40.9 Å². The molecule has 3 rings (SSSR count).